The molecule has 0 saturated heterocycles. The van der Waals surface area contributed by atoms with Gasteiger partial charge >= 0.3 is 0 Å². The molecule has 1 aliphatic carbocycles. The molecule has 0 unspecified atom stereocenters. The normalized spacial score (nSPS) is 20.4. The molecule has 0 aromatic heterocycles. The van der Waals surface area contributed by atoms with Gasteiger partial charge < -0.3 is 0 Å². The third-order valence-corrected chi connectivity index (χ3v) is 1.94. The molecule has 1 saturated carbocycles. The highest BCUT2D eigenvalue weighted by Crippen LogP contribution is 2.29. The van der Waals surface area contributed by atoms with Gasteiger partial charge in [0, 0.05) is 0 Å². The van der Waals surface area contributed by atoms with Crippen molar-refractivity contribution < 1.29 is 0 Å². The number of hydrogen-bond donors (Lipinski definition) is 0. The third kappa shape index (κ3) is 2.86. The predicted octanol–water partition coefficient (Wildman–Crippen LogP) is 3.31. The van der Waals surface area contributed by atoms with E-state index < -0.39 is 0 Å². The van der Waals surface area contributed by atoms with Gasteiger partial charge in [-0.15, -0.1) is 0 Å². The van der Waals surface area contributed by atoms with Crippen LogP contribution in [0, 0.1) is 5.92 Å². The van der Waals surface area contributed by atoms with E-state index in [2.05, 4.69) is 32.1 Å². The smallest absolute Gasteiger partial charge is 0.0230 e. The fraction of sp³-hybridized carbons (Fsp3) is 0.600. The van der Waals surface area contributed by atoms with Crippen LogP contribution in [-0.4, -0.2) is 0 Å². The first kappa shape index (κ1) is 7.59. The highest BCUT2D eigenvalue weighted by molar-refractivity contribution is 5.12. The molecule has 0 N–H and O–H groups in total. The molecule has 0 bridgehead atoms. The monoisotopic (exact) mass is 136 g/mol. The summed E-state index contributed by atoms with van der Waals surface area (Å²) in [7, 11) is 0. The Bertz CT molecular complexity index is 147. The summed E-state index contributed by atoms with van der Waals surface area (Å²) in [6, 6.07) is 0. The van der Waals surface area contributed by atoms with Gasteiger partial charge in [0.25, 0.3) is 0 Å². The lowest BCUT2D eigenvalue weighted by Crippen LogP contribution is -1.68. The molecular weight excluding hydrogens is 120 g/mol. The van der Waals surface area contributed by atoms with Gasteiger partial charge in [0.15, 0.2) is 0 Å². The van der Waals surface area contributed by atoms with E-state index in [0.29, 0.717) is 0 Å². The molecule has 0 heterocycles. The summed E-state index contributed by atoms with van der Waals surface area (Å²) in [6.45, 7) is 4.37. The Hall–Kier alpha value is -0.520. The number of rotatable bonds is 3. The SMILES string of the molecule is CCC(C)=CC=CC1CC1. The van der Waals surface area contributed by atoms with E-state index in [1.807, 2.05) is 0 Å². The van der Waals surface area contributed by atoms with E-state index in [0.717, 1.165) is 5.92 Å². The zero-order valence-corrected chi connectivity index (χ0v) is 6.93. The molecule has 0 atom stereocenters. The van der Waals surface area contributed by atoms with Crippen molar-refractivity contribution in [2.75, 3.05) is 0 Å². The van der Waals surface area contributed by atoms with E-state index in [9.17, 15) is 0 Å². The van der Waals surface area contributed by atoms with Crippen LogP contribution in [0.4, 0.5) is 0 Å². The predicted molar refractivity (Wildman–Crippen MR) is 45.9 cm³/mol. The Morgan fingerprint density at radius 3 is 2.70 bits per heavy atom. The van der Waals surface area contributed by atoms with E-state index in [1.54, 1.807) is 0 Å². The molecule has 1 rings (SSSR count). The molecule has 0 aromatic carbocycles. The first-order valence-corrected chi connectivity index (χ1v) is 4.17. The van der Waals surface area contributed by atoms with Crippen molar-refractivity contribution >= 4 is 0 Å². The van der Waals surface area contributed by atoms with E-state index in [1.165, 1.54) is 24.8 Å². The largest absolute Gasteiger partial charge is 0.0814 e. The standard InChI is InChI=1S/C10H16/c1-3-9(2)5-4-6-10-7-8-10/h4-6,10H,3,7-8H2,1-2H3. The molecule has 1 aliphatic rings. The third-order valence-electron chi connectivity index (χ3n) is 1.94. The van der Waals surface area contributed by atoms with Crippen LogP contribution >= 0.6 is 0 Å². The van der Waals surface area contributed by atoms with Crippen molar-refractivity contribution in [3.8, 4) is 0 Å². The molecule has 0 amide bonds. The molecule has 56 valence electrons. The minimum absolute atomic E-state index is 0.918. The van der Waals surface area contributed by atoms with Gasteiger partial charge in [-0.25, -0.2) is 0 Å². The van der Waals surface area contributed by atoms with E-state index >= 15 is 0 Å². The molecule has 0 aliphatic heterocycles. The molecule has 0 nitrogen and oxygen atoms in total. The molecular formula is C10H16. The second-order valence-electron chi connectivity index (χ2n) is 3.09. The lowest BCUT2D eigenvalue weighted by atomic mass is 10.2. The van der Waals surface area contributed by atoms with Crippen LogP contribution < -0.4 is 0 Å². The van der Waals surface area contributed by atoms with Crippen molar-refractivity contribution in [2.45, 2.75) is 33.1 Å². The van der Waals surface area contributed by atoms with Crippen LogP contribution in [0.25, 0.3) is 0 Å². The van der Waals surface area contributed by atoms with Crippen LogP contribution in [0.2, 0.25) is 0 Å². The quantitative estimate of drug-likeness (QED) is 0.522. The summed E-state index contributed by atoms with van der Waals surface area (Å²) in [6.07, 6.45) is 10.7. The molecule has 0 aromatic rings. The van der Waals surface area contributed by atoms with Crippen LogP contribution in [-0.2, 0) is 0 Å². The van der Waals surface area contributed by atoms with Crippen LogP contribution in [0.5, 0.6) is 0 Å². The van der Waals surface area contributed by atoms with Crippen LogP contribution in [0.3, 0.4) is 0 Å². The second kappa shape index (κ2) is 3.60. The van der Waals surface area contributed by atoms with Crippen molar-refractivity contribution in [3.05, 3.63) is 23.8 Å². The molecule has 0 spiro atoms. The Balaban J connectivity index is 2.23. The number of hydrogen-bond acceptors (Lipinski definition) is 0. The molecule has 0 heteroatoms. The van der Waals surface area contributed by atoms with Gasteiger partial charge in [0.1, 0.15) is 0 Å². The van der Waals surface area contributed by atoms with Crippen molar-refractivity contribution in [1.82, 2.24) is 0 Å². The van der Waals surface area contributed by atoms with Gasteiger partial charge in [-0.2, -0.15) is 0 Å². The topological polar surface area (TPSA) is 0 Å². The fourth-order valence-corrected chi connectivity index (χ4v) is 0.783. The minimum atomic E-state index is 0.918. The Morgan fingerprint density at radius 1 is 1.50 bits per heavy atom. The maximum atomic E-state index is 2.32. The average molecular weight is 136 g/mol. The summed E-state index contributed by atoms with van der Waals surface area (Å²) in [5.74, 6) is 0.918. The van der Waals surface area contributed by atoms with E-state index in [-0.39, 0.29) is 0 Å². The lowest BCUT2D eigenvalue weighted by molar-refractivity contribution is 1.09. The van der Waals surface area contributed by atoms with Gasteiger partial charge in [0.2, 0.25) is 0 Å². The summed E-state index contributed by atoms with van der Waals surface area (Å²) in [4.78, 5) is 0. The summed E-state index contributed by atoms with van der Waals surface area (Å²) in [5, 5.41) is 0. The first-order chi connectivity index (χ1) is 4.83. The molecule has 1 fully saturated rings. The van der Waals surface area contributed by atoms with Gasteiger partial charge in [0.05, 0.1) is 0 Å². The summed E-state index contributed by atoms with van der Waals surface area (Å²) >= 11 is 0. The zero-order chi connectivity index (χ0) is 7.40. The molecule has 10 heavy (non-hydrogen) atoms. The van der Waals surface area contributed by atoms with Crippen LogP contribution in [0.1, 0.15) is 33.1 Å². The Labute approximate surface area is 63.6 Å². The number of allylic oxidation sites excluding steroid dienone is 4. The highest BCUT2D eigenvalue weighted by atomic mass is 14.2. The summed E-state index contributed by atoms with van der Waals surface area (Å²) in [5.41, 5.74) is 1.47. The minimum Gasteiger partial charge on any atom is -0.0814 e. The zero-order valence-electron chi connectivity index (χ0n) is 6.93. The van der Waals surface area contributed by atoms with Crippen molar-refractivity contribution in [3.63, 3.8) is 0 Å². The summed E-state index contributed by atoms with van der Waals surface area (Å²) < 4.78 is 0. The first-order valence-electron chi connectivity index (χ1n) is 4.17. The Morgan fingerprint density at radius 2 is 2.20 bits per heavy atom. The molecule has 0 radical (unpaired) electrons. The van der Waals surface area contributed by atoms with Crippen LogP contribution in [0.15, 0.2) is 23.8 Å². The van der Waals surface area contributed by atoms with Crippen molar-refractivity contribution in [1.29, 1.82) is 0 Å². The highest BCUT2D eigenvalue weighted by Gasteiger charge is 2.16. The van der Waals surface area contributed by atoms with Gasteiger partial charge in [-0.05, 0) is 32.1 Å². The maximum Gasteiger partial charge on any atom is -0.0230 e. The Kier molecular flexibility index (Phi) is 2.73. The van der Waals surface area contributed by atoms with E-state index in [4.69, 9.17) is 0 Å². The van der Waals surface area contributed by atoms with Crippen molar-refractivity contribution in [2.24, 2.45) is 5.92 Å². The fourth-order valence-electron chi connectivity index (χ4n) is 0.783. The van der Waals surface area contributed by atoms with Gasteiger partial charge in [-0.1, -0.05) is 30.7 Å². The lowest BCUT2D eigenvalue weighted by Gasteiger charge is -1.88. The maximum absolute atomic E-state index is 2.32. The average Bonchev–Trinajstić information content (AvgIpc) is 2.71. The van der Waals surface area contributed by atoms with Gasteiger partial charge in [-0.3, -0.25) is 0 Å². The second-order valence-corrected chi connectivity index (χ2v) is 3.09.